The van der Waals surface area contributed by atoms with Crippen LogP contribution < -0.4 is 15.8 Å². The number of amides is 1. The Hall–Kier alpha value is -1.55. The lowest BCUT2D eigenvalue weighted by molar-refractivity contribution is 0.0997. The van der Waals surface area contributed by atoms with E-state index in [4.69, 9.17) is 10.5 Å². The molecule has 1 aliphatic heterocycles. The summed E-state index contributed by atoms with van der Waals surface area (Å²) >= 11 is 0. The molecular weight excluding hydrogens is 204 g/mol. The van der Waals surface area contributed by atoms with Crippen molar-refractivity contribution in [3.63, 3.8) is 0 Å². The minimum Gasteiger partial charge on any atom is -0.496 e. The topological polar surface area (TPSA) is 64.3 Å². The Balaban J connectivity index is 2.34. The molecule has 1 aliphatic rings. The van der Waals surface area contributed by atoms with Gasteiger partial charge in [-0.05, 0) is 36.6 Å². The number of primary amides is 1. The van der Waals surface area contributed by atoms with E-state index < -0.39 is 5.91 Å². The van der Waals surface area contributed by atoms with Gasteiger partial charge in [0.05, 0.1) is 12.7 Å². The standard InChI is InChI=1S/C12H16N2O2/c1-16-11-3-2-8(6-10(11)12(13)15)9-4-5-14-7-9/h2-3,6,9,14H,4-5,7H2,1H3,(H2,13,15). The zero-order valence-electron chi connectivity index (χ0n) is 9.32. The van der Waals surface area contributed by atoms with Crippen molar-refractivity contribution in [2.24, 2.45) is 5.73 Å². The lowest BCUT2D eigenvalue weighted by atomic mass is 9.96. The van der Waals surface area contributed by atoms with E-state index in [1.807, 2.05) is 18.2 Å². The van der Waals surface area contributed by atoms with Gasteiger partial charge in [-0.3, -0.25) is 4.79 Å². The molecule has 0 radical (unpaired) electrons. The molecule has 1 heterocycles. The summed E-state index contributed by atoms with van der Waals surface area (Å²) in [6.07, 6.45) is 1.10. The summed E-state index contributed by atoms with van der Waals surface area (Å²) in [6.45, 7) is 1.99. The molecule has 0 aliphatic carbocycles. The number of nitrogens with one attached hydrogen (secondary N) is 1. The van der Waals surface area contributed by atoms with E-state index in [1.165, 1.54) is 0 Å². The maximum absolute atomic E-state index is 11.3. The zero-order valence-corrected chi connectivity index (χ0v) is 9.32. The molecule has 1 aromatic rings. The van der Waals surface area contributed by atoms with Crippen LogP contribution in [0.3, 0.4) is 0 Å². The second-order valence-corrected chi connectivity index (χ2v) is 4.01. The molecule has 0 aromatic heterocycles. The van der Waals surface area contributed by atoms with Crippen molar-refractivity contribution in [1.29, 1.82) is 0 Å². The highest BCUT2D eigenvalue weighted by molar-refractivity contribution is 5.95. The van der Waals surface area contributed by atoms with E-state index in [0.29, 0.717) is 17.2 Å². The van der Waals surface area contributed by atoms with E-state index in [2.05, 4.69) is 5.32 Å². The summed E-state index contributed by atoms with van der Waals surface area (Å²) < 4.78 is 5.11. The van der Waals surface area contributed by atoms with Gasteiger partial charge in [0.15, 0.2) is 0 Å². The first-order valence-corrected chi connectivity index (χ1v) is 5.41. The third kappa shape index (κ3) is 2.02. The van der Waals surface area contributed by atoms with Crippen LogP contribution in [0.5, 0.6) is 5.75 Å². The van der Waals surface area contributed by atoms with Crippen LogP contribution in [0.15, 0.2) is 18.2 Å². The number of ether oxygens (including phenoxy) is 1. The smallest absolute Gasteiger partial charge is 0.252 e. The Kier molecular flexibility index (Phi) is 3.10. The number of hydrogen-bond donors (Lipinski definition) is 2. The van der Waals surface area contributed by atoms with E-state index in [1.54, 1.807) is 7.11 Å². The van der Waals surface area contributed by atoms with E-state index in [-0.39, 0.29) is 0 Å². The molecule has 0 bridgehead atoms. The normalized spacial score (nSPS) is 19.7. The molecule has 2 rings (SSSR count). The summed E-state index contributed by atoms with van der Waals surface area (Å²) in [4.78, 5) is 11.3. The lowest BCUT2D eigenvalue weighted by Crippen LogP contribution is -2.14. The average molecular weight is 220 g/mol. The van der Waals surface area contributed by atoms with Crippen LogP contribution in [0.25, 0.3) is 0 Å². The first-order valence-electron chi connectivity index (χ1n) is 5.41. The third-order valence-corrected chi connectivity index (χ3v) is 3.02. The first-order chi connectivity index (χ1) is 7.72. The van der Waals surface area contributed by atoms with Crippen molar-refractivity contribution in [2.75, 3.05) is 20.2 Å². The Morgan fingerprint density at radius 3 is 2.94 bits per heavy atom. The molecule has 1 aromatic carbocycles. The van der Waals surface area contributed by atoms with Crippen LogP contribution >= 0.6 is 0 Å². The molecule has 1 amide bonds. The monoisotopic (exact) mass is 220 g/mol. The number of hydrogen-bond acceptors (Lipinski definition) is 3. The number of carbonyl (C=O) groups is 1. The van der Waals surface area contributed by atoms with Crippen LogP contribution in [0.1, 0.15) is 28.3 Å². The van der Waals surface area contributed by atoms with Gasteiger partial charge in [0, 0.05) is 6.54 Å². The average Bonchev–Trinajstić information content (AvgIpc) is 2.81. The fourth-order valence-electron chi connectivity index (χ4n) is 2.11. The highest BCUT2D eigenvalue weighted by atomic mass is 16.5. The van der Waals surface area contributed by atoms with Gasteiger partial charge in [-0.2, -0.15) is 0 Å². The highest BCUT2D eigenvalue weighted by Gasteiger charge is 2.19. The minimum atomic E-state index is -0.440. The second-order valence-electron chi connectivity index (χ2n) is 4.01. The fraction of sp³-hybridized carbons (Fsp3) is 0.417. The summed E-state index contributed by atoms with van der Waals surface area (Å²) in [5, 5.41) is 3.30. The summed E-state index contributed by atoms with van der Waals surface area (Å²) in [7, 11) is 1.54. The quantitative estimate of drug-likeness (QED) is 0.794. The second kappa shape index (κ2) is 4.53. The van der Waals surface area contributed by atoms with Gasteiger partial charge in [0.2, 0.25) is 0 Å². The Morgan fingerprint density at radius 1 is 1.56 bits per heavy atom. The molecule has 86 valence electrons. The van der Waals surface area contributed by atoms with Crippen molar-refractivity contribution in [1.82, 2.24) is 5.32 Å². The van der Waals surface area contributed by atoms with Gasteiger partial charge < -0.3 is 15.8 Å². The molecule has 4 nitrogen and oxygen atoms in total. The molecule has 0 spiro atoms. The summed E-state index contributed by atoms with van der Waals surface area (Å²) in [5.41, 5.74) is 6.94. The molecule has 1 unspecified atom stereocenters. The van der Waals surface area contributed by atoms with Crippen molar-refractivity contribution in [3.8, 4) is 5.75 Å². The Labute approximate surface area is 94.8 Å². The van der Waals surface area contributed by atoms with Gasteiger partial charge in [-0.1, -0.05) is 6.07 Å². The number of methoxy groups -OCH3 is 1. The number of rotatable bonds is 3. The van der Waals surface area contributed by atoms with E-state index in [0.717, 1.165) is 25.1 Å². The van der Waals surface area contributed by atoms with Gasteiger partial charge in [0.25, 0.3) is 5.91 Å². The predicted molar refractivity (Wildman–Crippen MR) is 61.7 cm³/mol. The summed E-state index contributed by atoms with van der Waals surface area (Å²) in [6, 6.07) is 5.66. The number of nitrogens with two attached hydrogens (primary N) is 1. The van der Waals surface area contributed by atoms with E-state index >= 15 is 0 Å². The fourth-order valence-corrected chi connectivity index (χ4v) is 2.11. The van der Waals surface area contributed by atoms with Crippen molar-refractivity contribution >= 4 is 5.91 Å². The maximum atomic E-state index is 11.3. The predicted octanol–water partition coefficient (Wildman–Crippen LogP) is 0.871. The molecule has 4 heteroatoms. The van der Waals surface area contributed by atoms with E-state index in [9.17, 15) is 4.79 Å². The molecule has 1 atom stereocenters. The van der Waals surface area contributed by atoms with Crippen LogP contribution in [0, 0.1) is 0 Å². The van der Waals surface area contributed by atoms with Gasteiger partial charge in [-0.15, -0.1) is 0 Å². The van der Waals surface area contributed by atoms with Crippen LogP contribution in [-0.2, 0) is 0 Å². The lowest BCUT2D eigenvalue weighted by Gasteiger charge is -2.12. The molecular formula is C12H16N2O2. The van der Waals surface area contributed by atoms with Gasteiger partial charge in [0.1, 0.15) is 5.75 Å². The Morgan fingerprint density at radius 2 is 2.38 bits per heavy atom. The highest BCUT2D eigenvalue weighted by Crippen LogP contribution is 2.27. The van der Waals surface area contributed by atoms with Crippen molar-refractivity contribution in [3.05, 3.63) is 29.3 Å². The molecule has 1 saturated heterocycles. The summed E-state index contributed by atoms with van der Waals surface area (Å²) in [5.74, 6) is 0.580. The zero-order chi connectivity index (χ0) is 11.5. The largest absolute Gasteiger partial charge is 0.496 e. The maximum Gasteiger partial charge on any atom is 0.252 e. The van der Waals surface area contributed by atoms with Crippen molar-refractivity contribution < 1.29 is 9.53 Å². The number of benzene rings is 1. The first kappa shape index (κ1) is 11.0. The van der Waals surface area contributed by atoms with Crippen molar-refractivity contribution in [2.45, 2.75) is 12.3 Å². The third-order valence-electron chi connectivity index (χ3n) is 3.02. The van der Waals surface area contributed by atoms with Crippen LogP contribution in [0.4, 0.5) is 0 Å². The van der Waals surface area contributed by atoms with Crippen LogP contribution in [-0.4, -0.2) is 26.1 Å². The molecule has 16 heavy (non-hydrogen) atoms. The SMILES string of the molecule is COc1ccc(C2CCNC2)cc1C(N)=O. The minimum absolute atomic E-state index is 0.440. The van der Waals surface area contributed by atoms with Crippen LogP contribution in [0.2, 0.25) is 0 Å². The molecule has 3 N–H and O–H groups in total. The molecule has 0 saturated carbocycles. The number of carbonyl (C=O) groups excluding carboxylic acids is 1. The van der Waals surface area contributed by atoms with Gasteiger partial charge in [-0.25, -0.2) is 0 Å². The molecule has 1 fully saturated rings. The van der Waals surface area contributed by atoms with Gasteiger partial charge >= 0.3 is 0 Å². The Bertz CT molecular complexity index is 398.